The minimum Gasteiger partial charge on any atom is -0.508 e. The molecule has 2 aromatic rings. The number of ether oxygens (including phenoxy) is 3. The zero-order chi connectivity index (χ0) is 16.4. The van der Waals surface area contributed by atoms with Crippen LogP contribution in [0.2, 0.25) is 0 Å². The molecule has 0 fully saturated rings. The Bertz CT molecular complexity index is 723. The standard InChI is InChI=1S/C18H18O5/c1-18(12-3-5-13(19)6-4-12)10-22-16-9-14(23-11-21-2)7-8-15(16)17(18)20/h3-9,19H,10-11H2,1-2H3. The number of phenols is 1. The molecule has 0 radical (unpaired) electrons. The molecule has 1 atom stereocenters. The molecule has 3 rings (SSSR count). The SMILES string of the molecule is COCOc1ccc2c(c1)OCC(C)(c1ccc(O)cc1)C2=O. The van der Waals surface area contributed by atoms with Crippen LogP contribution in [0.15, 0.2) is 42.5 Å². The fourth-order valence-corrected chi connectivity index (χ4v) is 2.65. The van der Waals surface area contributed by atoms with Crippen LogP contribution in [0.5, 0.6) is 17.2 Å². The molecule has 2 aromatic carbocycles. The molecule has 0 bridgehead atoms. The van der Waals surface area contributed by atoms with Crippen molar-refractivity contribution >= 4 is 5.78 Å². The Kier molecular flexibility index (Phi) is 3.96. The van der Waals surface area contributed by atoms with E-state index in [0.29, 0.717) is 17.1 Å². The third-order valence-electron chi connectivity index (χ3n) is 4.06. The first kappa shape index (κ1) is 15.4. The molecular formula is C18H18O5. The van der Waals surface area contributed by atoms with Crippen LogP contribution in [0.1, 0.15) is 22.8 Å². The van der Waals surface area contributed by atoms with E-state index in [4.69, 9.17) is 14.2 Å². The molecule has 0 saturated heterocycles. The van der Waals surface area contributed by atoms with Crippen molar-refractivity contribution in [2.75, 3.05) is 20.5 Å². The molecule has 0 aliphatic carbocycles. The number of hydrogen-bond acceptors (Lipinski definition) is 5. The number of rotatable bonds is 4. The maximum absolute atomic E-state index is 12.9. The van der Waals surface area contributed by atoms with E-state index in [9.17, 15) is 9.90 Å². The van der Waals surface area contributed by atoms with Gasteiger partial charge in [0, 0.05) is 13.2 Å². The van der Waals surface area contributed by atoms with Crippen LogP contribution >= 0.6 is 0 Å². The van der Waals surface area contributed by atoms with Crippen molar-refractivity contribution in [3.05, 3.63) is 53.6 Å². The number of methoxy groups -OCH3 is 1. The molecule has 1 aliphatic heterocycles. The summed E-state index contributed by atoms with van der Waals surface area (Å²) in [4.78, 5) is 12.9. The Hall–Kier alpha value is -2.53. The van der Waals surface area contributed by atoms with Crippen molar-refractivity contribution in [1.29, 1.82) is 0 Å². The van der Waals surface area contributed by atoms with Crippen LogP contribution in [-0.2, 0) is 10.2 Å². The first-order chi connectivity index (χ1) is 11.0. The van der Waals surface area contributed by atoms with Gasteiger partial charge in [-0.05, 0) is 36.8 Å². The first-order valence-corrected chi connectivity index (χ1v) is 7.27. The van der Waals surface area contributed by atoms with Crippen LogP contribution in [0.25, 0.3) is 0 Å². The van der Waals surface area contributed by atoms with Crippen molar-refractivity contribution in [3.63, 3.8) is 0 Å². The molecule has 0 aromatic heterocycles. The summed E-state index contributed by atoms with van der Waals surface area (Å²) in [5, 5.41) is 9.42. The van der Waals surface area contributed by atoms with Crippen molar-refractivity contribution in [2.24, 2.45) is 0 Å². The number of benzene rings is 2. The van der Waals surface area contributed by atoms with E-state index in [2.05, 4.69) is 0 Å². The molecule has 1 unspecified atom stereocenters. The number of ketones is 1. The van der Waals surface area contributed by atoms with Gasteiger partial charge < -0.3 is 19.3 Å². The van der Waals surface area contributed by atoms with Gasteiger partial charge in [0.1, 0.15) is 23.9 Å². The summed E-state index contributed by atoms with van der Waals surface area (Å²) in [6, 6.07) is 11.8. The molecular weight excluding hydrogens is 296 g/mol. The summed E-state index contributed by atoms with van der Waals surface area (Å²) < 4.78 is 16.0. The number of fused-ring (bicyclic) bond motifs is 1. The minimum atomic E-state index is -0.782. The maximum atomic E-state index is 12.9. The highest BCUT2D eigenvalue weighted by Crippen LogP contribution is 2.38. The Morgan fingerprint density at radius 2 is 1.96 bits per heavy atom. The van der Waals surface area contributed by atoms with Gasteiger partial charge in [0.25, 0.3) is 0 Å². The second-order valence-electron chi connectivity index (χ2n) is 5.71. The molecule has 5 heteroatoms. The van der Waals surface area contributed by atoms with Gasteiger partial charge in [-0.2, -0.15) is 0 Å². The molecule has 0 saturated carbocycles. The summed E-state index contributed by atoms with van der Waals surface area (Å²) in [5.74, 6) is 1.26. The zero-order valence-corrected chi connectivity index (χ0v) is 13.0. The Morgan fingerprint density at radius 1 is 1.22 bits per heavy atom. The lowest BCUT2D eigenvalue weighted by atomic mass is 9.75. The molecule has 1 N–H and O–H groups in total. The fraction of sp³-hybridized carbons (Fsp3) is 0.278. The van der Waals surface area contributed by atoms with Gasteiger partial charge in [0.2, 0.25) is 0 Å². The molecule has 1 aliphatic rings. The van der Waals surface area contributed by atoms with E-state index in [1.165, 1.54) is 0 Å². The average molecular weight is 314 g/mol. The number of hydrogen-bond donors (Lipinski definition) is 1. The van der Waals surface area contributed by atoms with Crippen molar-refractivity contribution in [3.8, 4) is 17.2 Å². The Balaban J connectivity index is 1.92. The highest BCUT2D eigenvalue weighted by atomic mass is 16.7. The van der Waals surface area contributed by atoms with Crippen molar-refractivity contribution < 1.29 is 24.1 Å². The topological polar surface area (TPSA) is 65.0 Å². The van der Waals surface area contributed by atoms with Gasteiger partial charge in [0.15, 0.2) is 12.6 Å². The second kappa shape index (κ2) is 5.93. The molecule has 0 spiro atoms. The number of carbonyl (C=O) groups is 1. The van der Waals surface area contributed by atoms with Gasteiger partial charge in [-0.3, -0.25) is 4.79 Å². The van der Waals surface area contributed by atoms with E-state index in [1.54, 1.807) is 49.6 Å². The quantitative estimate of drug-likeness (QED) is 0.879. The van der Waals surface area contributed by atoms with Crippen molar-refractivity contribution in [1.82, 2.24) is 0 Å². The van der Waals surface area contributed by atoms with Gasteiger partial charge in [-0.15, -0.1) is 0 Å². The lowest BCUT2D eigenvalue weighted by molar-refractivity contribution is 0.0507. The molecule has 1 heterocycles. The van der Waals surface area contributed by atoms with Gasteiger partial charge >= 0.3 is 0 Å². The number of aromatic hydroxyl groups is 1. The Labute approximate surface area is 134 Å². The summed E-state index contributed by atoms with van der Waals surface area (Å²) in [6.07, 6.45) is 0. The first-order valence-electron chi connectivity index (χ1n) is 7.27. The van der Waals surface area contributed by atoms with Crippen LogP contribution in [0.3, 0.4) is 0 Å². The highest BCUT2D eigenvalue weighted by molar-refractivity contribution is 6.07. The van der Waals surface area contributed by atoms with E-state index in [-0.39, 0.29) is 24.9 Å². The van der Waals surface area contributed by atoms with Crippen molar-refractivity contribution in [2.45, 2.75) is 12.3 Å². The summed E-state index contributed by atoms with van der Waals surface area (Å²) in [6.45, 7) is 2.22. The van der Waals surface area contributed by atoms with Crippen LogP contribution in [0, 0.1) is 0 Å². The lowest BCUT2D eigenvalue weighted by Crippen LogP contribution is -2.42. The van der Waals surface area contributed by atoms with Gasteiger partial charge in [-0.25, -0.2) is 0 Å². The third-order valence-corrected chi connectivity index (χ3v) is 4.06. The van der Waals surface area contributed by atoms with E-state index >= 15 is 0 Å². The highest BCUT2D eigenvalue weighted by Gasteiger charge is 2.41. The minimum absolute atomic E-state index is 0.0114. The summed E-state index contributed by atoms with van der Waals surface area (Å²) >= 11 is 0. The predicted molar refractivity (Wildman–Crippen MR) is 84.2 cm³/mol. The van der Waals surface area contributed by atoms with Crippen LogP contribution in [0.4, 0.5) is 0 Å². The van der Waals surface area contributed by atoms with E-state index in [1.807, 2.05) is 6.92 Å². The third kappa shape index (κ3) is 2.75. The summed E-state index contributed by atoms with van der Waals surface area (Å²) in [5.41, 5.74) is 0.553. The summed E-state index contributed by atoms with van der Waals surface area (Å²) in [7, 11) is 1.54. The smallest absolute Gasteiger partial charge is 0.188 e. The molecule has 120 valence electrons. The lowest BCUT2D eigenvalue weighted by Gasteiger charge is -2.33. The maximum Gasteiger partial charge on any atom is 0.188 e. The van der Waals surface area contributed by atoms with Crippen LogP contribution < -0.4 is 9.47 Å². The Morgan fingerprint density at radius 3 is 2.65 bits per heavy atom. The zero-order valence-electron chi connectivity index (χ0n) is 13.0. The molecule has 0 amide bonds. The van der Waals surface area contributed by atoms with Gasteiger partial charge in [0.05, 0.1) is 11.0 Å². The number of carbonyl (C=O) groups excluding carboxylic acids is 1. The monoisotopic (exact) mass is 314 g/mol. The van der Waals surface area contributed by atoms with E-state index < -0.39 is 5.41 Å². The fourth-order valence-electron chi connectivity index (χ4n) is 2.65. The molecule has 5 nitrogen and oxygen atoms in total. The predicted octanol–water partition coefficient (Wildman–Crippen LogP) is 2.91. The van der Waals surface area contributed by atoms with E-state index in [0.717, 1.165) is 5.56 Å². The van der Waals surface area contributed by atoms with Crippen LogP contribution in [-0.4, -0.2) is 31.4 Å². The second-order valence-corrected chi connectivity index (χ2v) is 5.71. The number of Topliss-reactive ketones (excluding diaryl/α,β-unsaturated/α-hetero) is 1. The molecule has 23 heavy (non-hydrogen) atoms. The van der Waals surface area contributed by atoms with Gasteiger partial charge in [-0.1, -0.05) is 12.1 Å². The number of phenolic OH excluding ortho intramolecular Hbond substituents is 1. The largest absolute Gasteiger partial charge is 0.508 e. The average Bonchev–Trinajstić information content (AvgIpc) is 2.57. The normalized spacial score (nSPS) is 19.8.